The Balaban J connectivity index is 1.63. The Morgan fingerprint density at radius 3 is 2.31 bits per heavy atom. The molecule has 1 heterocycles. The summed E-state index contributed by atoms with van der Waals surface area (Å²) in [6.07, 6.45) is 0.649. The van der Waals surface area contributed by atoms with Crippen molar-refractivity contribution in [2.75, 3.05) is 34.9 Å². The zero-order valence-corrected chi connectivity index (χ0v) is 21.5. The normalized spacial score (nSPS) is 10.7. The number of benzene rings is 3. The zero-order chi connectivity index (χ0) is 25.7. The molecule has 7 nitrogen and oxygen atoms in total. The standard InChI is InChI=1S/C28H28ClN3O4/c1-31(16-15-19-9-14-26(35-3)27(17-19)36-4)28(33)25-18-24(22-7-5-6-8-23(22)29)30-32(25)20-10-12-21(34-2)13-11-20/h5-14,17-18H,15-16H2,1-4H3. The number of hydrogen-bond donors (Lipinski definition) is 0. The van der Waals surface area contributed by atoms with Crippen LogP contribution in [0, 0.1) is 0 Å². The van der Waals surface area contributed by atoms with E-state index in [1.165, 1.54) is 0 Å². The van der Waals surface area contributed by atoms with Gasteiger partial charge in [0.25, 0.3) is 5.91 Å². The second kappa shape index (κ2) is 11.2. The second-order valence-electron chi connectivity index (χ2n) is 8.17. The van der Waals surface area contributed by atoms with E-state index in [2.05, 4.69) is 0 Å². The first-order valence-electron chi connectivity index (χ1n) is 11.4. The lowest BCUT2D eigenvalue weighted by Crippen LogP contribution is -2.30. The quantitative estimate of drug-likeness (QED) is 0.299. The van der Waals surface area contributed by atoms with E-state index >= 15 is 0 Å². The number of nitrogens with zero attached hydrogens (tertiary/aromatic N) is 3. The van der Waals surface area contributed by atoms with Crippen molar-refractivity contribution in [3.63, 3.8) is 0 Å². The van der Waals surface area contributed by atoms with E-state index in [0.717, 1.165) is 22.6 Å². The fourth-order valence-electron chi connectivity index (χ4n) is 3.88. The summed E-state index contributed by atoms with van der Waals surface area (Å²) in [5.41, 5.74) is 3.59. The summed E-state index contributed by atoms with van der Waals surface area (Å²) in [7, 11) is 6.60. The molecule has 0 aliphatic rings. The molecule has 4 aromatic rings. The third-order valence-corrected chi connectivity index (χ3v) is 6.26. The van der Waals surface area contributed by atoms with Crippen LogP contribution in [-0.4, -0.2) is 55.5 Å². The number of likely N-dealkylation sites (N-methyl/N-ethyl adjacent to an activating group) is 1. The molecule has 0 aliphatic carbocycles. The Labute approximate surface area is 215 Å². The highest BCUT2D eigenvalue weighted by molar-refractivity contribution is 6.33. The molecule has 0 atom stereocenters. The van der Waals surface area contributed by atoms with Crippen LogP contribution in [0.25, 0.3) is 16.9 Å². The SMILES string of the molecule is COc1ccc(-n2nc(-c3ccccc3Cl)cc2C(=O)N(C)CCc2ccc(OC)c(OC)c2)cc1. The summed E-state index contributed by atoms with van der Waals surface area (Å²) in [5.74, 6) is 1.89. The van der Waals surface area contributed by atoms with Gasteiger partial charge in [0.15, 0.2) is 11.5 Å². The summed E-state index contributed by atoms with van der Waals surface area (Å²) in [4.78, 5) is 15.3. The van der Waals surface area contributed by atoms with Gasteiger partial charge in [-0.05, 0) is 60.5 Å². The van der Waals surface area contributed by atoms with Crippen LogP contribution in [0.4, 0.5) is 0 Å². The number of amides is 1. The predicted octanol–water partition coefficient (Wildman–Crippen LogP) is 5.53. The van der Waals surface area contributed by atoms with Crippen molar-refractivity contribution in [3.8, 4) is 34.2 Å². The van der Waals surface area contributed by atoms with Crippen molar-refractivity contribution in [1.29, 1.82) is 0 Å². The second-order valence-corrected chi connectivity index (χ2v) is 8.58. The maximum atomic E-state index is 13.6. The van der Waals surface area contributed by atoms with Crippen molar-refractivity contribution in [3.05, 3.63) is 89.1 Å². The summed E-state index contributed by atoms with van der Waals surface area (Å²) in [5, 5.41) is 5.31. The first kappa shape index (κ1) is 25.1. The average molecular weight is 506 g/mol. The maximum Gasteiger partial charge on any atom is 0.272 e. The van der Waals surface area contributed by atoms with Gasteiger partial charge < -0.3 is 19.1 Å². The highest BCUT2D eigenvalue weighted by Gasteiger charge is 2.22. The third-order valence-electron chi connectivity index (χ3n) is 5.93. The summed E-state index contributed by atoms with van der Waals surface area (Å²) < 4.78 is 17.6. The van der Waals surface area contributed by atoms with E-state index in [0.29, 0.717) is 40.9 Å². The Morgan fingerprint density at radius 1 is 0.917 bits per heavy atom. The molecule has 0 N–H and O–H groups in total. The fraction of sp³-hybridized carbons (Fsp3) is 0.214. The van der Waals surface area contributed by atoms with E-state index in [1.54, 1.807) is 50.1 Å². The average Bonchev–Trinajstić information content (AvgIpc) is 3.36. The first-order chi connectivity index (χ1) is 17.4. The number of carbonyl (C=O) groups excluding carboxylic acids is 1. The lowest BCUT2D eigenvalue weighted by molar-refractivity contribution is 0.0787. The van der Waals surface area contributed by atoms with Gasteiger partial charge >= 0.3 is 0 Å². The lowest BCUT2D eigenvalue weighted by Gasteiger charge is -2.18. The number of aromatic nitrogens is 2. The van der Waals surface area contributed by atoms with Gasteiger partial charge in [-0.3, -0.25) is 4.79 Å². The third kappa shape index (κ3) is 5.31. The minimum absolute atomic E-state index is 0.155. The number of hydrogen-bond acceptors (Lipinski definition) is 5. The number of methoxy groups -OCH3 is 3. The molecule has 0 radical (unpaired) electrons. The van der Waals surface area contributed by atoms with Gasteiger partial charge in [-0.2, -0.15) is 5.10 Å². The molecule has 0 bridgehead atoms. The Kier molecular flexibility index (Phi) is 7.80. The number of rotatable bonds is 9. The van der Waals surface area contributed by atoms with E-state index < -0.39 is 0 Å². The van der Waals surface area contributed by atoms with Crippen molar-refractivity contribution in [2.24, 2.45) is 0 Å². The van der Waals surface area contributed by atoms with Gasteiger partial charge in [-0.1, -0.05) is 35.9 Å². The molecule has 0 saturated heterocycles. The molecular weight excluding hydrogens is 478 g/mol. The largest absolute Gasteiger partial charge is 0.497 e. The minimum Gasteiger partial charge on any atom is -0.497 e. The van der Waals surface area contributed by atoms with Crippen molar-refractivity contribution < 1.29 is 19.0 Å². The van der Waals surface area contributed by atoms with Crippen molar-refractivity contribution in [1.82, 2.24) is 14.7 Å². The Morgan fingerprint density at radius 2 is 1.64 bits per heavy atom. The first-order valence-corrected chi connectivity index (χ1v) is 11.8. The smallest absolute Gasteiger partial charge is 0.272 e. The fourth-order valence-corrected chi connectivity index (χ4v) is 4.12. The topological polar surface area (TPSA) is 65.8 Å². The summed E-state index contributed by atoms with van der Waals surface area (Å²) in [6, 6.07) is 22.4. The molecule has 8 heteroatoms. The van der Waals surface area contributed by atoms with Gasteiger partial charge in [0, 0.05) is 19.2 Å². The molecule has 4 rings (SSSR count). The van der Waals surface area contributed by atoms with Crippen LogP contribution in [-0.2, 0) is 6.42 Å². The Bertz CT molecular complexity index is 1350. The van der Waals surface area contributed by atoms with Gasteiger partial charge in [0.2, 0.25) is 0 Å². The van der Waals surface area contributed by atoms with E-state index in [-0.39, 0.29) is 5.91 Å². The highest BCUT2D eigenvalue weighted by Crippen LogP contribution is 2.30. The van der Waals surface area contributed by atoms with Crippen molar-refractivity contribution in [2.45, 2.75) is 6.42 Å². The molecule has 1 aromatic heterocycles. The molecular formula is C28H28ClN3O4. The summed E-state index contributed by atoms with van der Waals surface area (Å²) in [6.45, 7) is 0.504. The van der Waals surface area contributed by atoms with Crippen LogP contribution in [0.2, 0.25) is 5.02 Å². The molecule has 1 amide bonds. The number of ether oxygens (including phenoxy) is 3. The molecule has 0 aliphatic heterocycles. The zero-order valence-electron chi connectivity index (χ0n) is 20.7. The predicted molar refractivity (Wildman–Crippen MR) is 141 cm³/mol. The van der Waals surface area contributed by atoms with E-state index in [4.69, 9.17) is 30.9 Å². The maximum absolute atomic E-state index is 13.6. The molecule has 0 fully saturated rings. The minimum atomic E-state index is -0.155. The van der Waals surface area contributed by atoms with Crippen LogP contribution in [0.5, 0.6) is 17.2 Å². The highest BCUT2D eigenvalue weighted by atomic mass is 35.5. The number of carbonyl (C=O) groups is 1. The van der Waals surface area contributed by atoms with Gasteiger partial charge in [-0.15, -0.1) is 0 Å². The van der Waals surface area contributed by atoms with Gasteiger partial charge in [-0.25, -0.2) is 4.68 Å². The van der Waals surface area contributed by atoms with E-state index in [9.17, 15) is 4.79 Å². The molecule has 3 aromatic carbocycles. The van der Waals surface area contributed by atoms with Crippen LogP contribution in [0.1, 0.15) is 16.1 Å². The van der Waals surface area contributed by atoms with Gasteiger partial charge in [0.1, 0.15) is 11.4 Å². The van der Waals surface area contributed by atoms with Crippen LogP contribution < -0.4 is 14.2 Å². The van der Waals surface area contributed by atoms with Crippen molar-refractivity contribution >= 4 is 17.5 Å². The monoisotopic (exact) mass is 505 g/mol. The Hall–Kier alpha value is -3.97. The molecule has 0 spiro atoms. The molecule has 0 unspecified atom stereocenters. The molecule has 186 valence electrons. The summed E-state index contributed by atoms with van der Waals surface area (Å²) >= 11 is 6.43. The van der Waals surface area contributed by atoms with Crippen LogP contribution >= 0.6 is 11.6 Å². The molecule has 0 saturated carbocycles. The van der Waals surface area contributed by atoms with E-state index in [1.807, 2.05) is 60.7 Å². The lowest BCUT2D eigenvalue weighted by atomic mass is 10.1. The van der Waals surface area contributed by atoms with Crippen LogP contribution in [0.15, 0.2) is 72.8 Å². The van der Waals surface area contributed by atoms with Crippen LogP contribution in [0.3, 0.4) is 0 Å². The molecule has 36 heavy (non-hydrogen) atoms. The number of halogens is 1. The van der Waals surface area contributed by atoms with Gasteiger partial charge in [0.05, 0.1) is 37.7 Å².